The van der Waals surface area contributed by atoms with Crippen LogP contribution in [0.2, 0.25) is 0 Å². The molecule has 0 saturated heterocycles. The van der Waals surface area contributed by atoms with E-state index in [0.29, 0.717) is 0 Å². The van der Waals surface area contributed by atoms with Crippen molar-refractivity contribution in [2.75, 3.05) is 4.90 Å². The Kier molecular flexibility index (Phi) is 10.4. The molecular weight excluding hydrogens is 1010 g/mol. The van der Waals surface area contributed by atoms with Gasteiger partial charge in [0.05, 0.1) is 33.4 Å². The van der Waals surface area contributed by atoms with Crippen molar-refractivity contribution < 1.29 is 4.39 Å². The minimum atomic E-state index is -0.275. The van der Waals surface area contributed by atoms with E-state index in [9.17, 15) is 0 Å². The summed E-state index contributed by atoms with van der Waals surface area (Å²) >= 11 is 0. The van der Waals surface area contributed by atoms with Gasteiger partial charge in [-0.15, -0.1) is 0 Å². The largest absolute Gasteiger partial charge is 0.310 e. The van der Waals surface area contributed by atoms with E-state index in [2.05, 4.69) is 282 Å². The van der Waals surface area contributed by atoms with Crippen LogP contribution < -0.4 is 21.3 Å². The quantitative estimate of drug-likeness (QED) is 0.161. The first-order valence-corrected chi connectivity index (χ1v) is 29.5. The zero-order chi connectivity index (χ0) is 56.6. The molecular formula is C78H63BFN3. The molecule has 2 aliphatic heterocycles. The van der Waals surface area contributed by atoms with Crippen molar-refractivity contribution in [1.82, 2.24) is 8.97 Å². The highest BCUT2D eigenvalue weighted by atomic mass is 19.1. The molecule has 0 fully saturated rings. The average molecular weight is 1070 g/mol. The molecule has 11 aromatic carbocycles. The van der Waals surface area contributed by atoms with E-state index in [0.717, 1.165) is 88.6 Å². The zero-order valence-corrected chi connectivity index (χ0v) is 48.6. The lowest BCUT2D eigenvalue weighted by atomic mass is 9.33. The maximum Gasteiger partial charge on any atom is 0.252 e. The van der Waals surface area contributed by atoms with Crippen molar-refractivity contribution in [2.45, 2.75) is 78.6 Å². The second-order valence-corrected chi connectivity index (χ2v) is 26.6. The lowest BCUT2D eigenvalue weighted by Crippen LogP contribution is -2.60. The maximum absolute atomic E-state index is 17.3. The Bertz CT molecular complexity index is 5100. The smallest absolute Gasteiger partial charge is 0.252 e. The summed E-state index contributed by atoms with van der Waals surface area (Å²) in [6, 6.07) is 80.9. The number of hydrogen-bond acceptors (Lipinski definition) is 1. The number of rotatable bonds is 3. The number of nitrogens with zero attached hydrogens (tertiary/aromatic N) is 3. The van der Waals surface area contributed by atoms with Crippen LogP contribution in [0.15, 0.2) is 218 Å². The van der Waals surface area contributed by atoms with Gasteiger partial charge in [0.1, 0.15) is 5.82 Å². The van der Waals surface area contributed by atoms with Crippen molar-refractivity contribution in [3.63, 3.8) is 0 Å². The average Bonchev–Trinajstić information content (AvgIpc) is 1.73. The van der Waals surface area contributed by atoms with Crippen molar-refractivity contribution in [3.8, 4) is 27.9 Å². The standard InChI is InChI=1S/C78H63BFN3/c1-76(2,3)48-35-38-66-61(39-48)62-42-50(78(7,8)9)43-64-74(62)82(66)69-45-68-70(58-33-22-32-57-55-30-19-17-28-53(55)52-27-16-18-29-54(52)56-31-20-21-34-65(56)81(68)72(57)58)75-71(69)79(64)63-37-36-51(80)44-67(63)83(75)73-59(46-23-12-10-13-24-46)40-49(77(4,5)6)41-60(73)47-25-14-11-15-26-47/h10-45H,1-9H3. The zero-order valence-electron chi connectivity index (χ0n) is 48.6. The third-order valence-electron chi connectivity index (χ3n) is 18.5. The van der Waals surface area contributed by atoms with E-state index < -0.39 is 0 Å². The molecule has 0 N–H and O–H groups in total. The van der Waals surface area contributed by atoms with Crippen molar-refractivity contribution in [3.05, 3.63) is 241 Å². The number of fused-ring (bicyclic) bond motifs is 18. The molecule has 16 rings (SSSR count). The van der Waals surface area contributed by atoms with Crippen LogP contribution in [0.1, 0.15) is 79.0 Å². The summed E-state index contributed by atoms with van der Waals surface area (Å²) in [4.78, 5) is 2.53. The van der Waals surface area contributed by atoms with Crippen molar-refractivity contribution >= 4 is 122 Å². The molecule has 2 aliphatic rings. The molecule has 0 spiro atoms. The summed E-state index contributed by atoms with van der Waals surface area (Å²) < 4.78 is 22.5. The van der Waals surface area contributed by atoms with Gasteiger partial charge in [-0.2, -0.15) is 0 Å². The molecule has 0 saturated carbocycles. The van der Waals surface area contributed by atoms with E-state index in [4.69, 9.17) is 0 Å². The minimum absolute atomic E-state index is 0.0815. The number of hydrogen-bond donors (Lipinski definition) is 0. The van der Waals surface area contributed by atoms with Crippen LogP contribution in [0.25, 0.3) is 109 Å². The minimum Gasteiger partial charge on any atom is -0.310 e. The first-order chi connectivity index (χ1) is 40.0. The lowest BCUT2D eigenvalue weighted by molar-refractivity contribution is 0.590. The molecule has 83 heavy (non-hydrogen) atoms. The lowest BCUT2D eigenvalue weighted by Gasteiger charge is -2.42. The molecule has 400 valence electrons. The molecule has 5 heterocycles. The van der Waals surface area contributed by atoms with E-state index in [1.165, 1.54) is 71.0 Å². The Morgan fingerprint density at radius 3 is 1.51 bits per heavy atom. The number of para-hydroxylation sites is 2. The molecule has 0 radical (unpaired) electrons. The maximum atomic E-state index is 17.3. The molecule has 14 aromatic rings. The molecule has 0 bridgehead atoms. The predicted octanol–water partition coefficient (Wildman–Crippen LogP) is 19.3. The summed E-state index contributed by atoms with van der Waals surface area (Å²) in [6.45, 7) is 20.6. The summed E-state index contributed by atoms with van der Waals surface area (Å²) in [5.74, 6) is -0.275. The van der Waals surface area contributed by atoms with Gasteiger partial charge in [0, 0.05) is 60.3 Å². The predicted molar refractivity (Wildman–Crippen MR) is 354 cm³/mol. The topological polar surface area (TPSA) is 12.6 Å². The van der Waals surface area contributed by atoms with Gasteiger partial charge >= 0.3 is 0 Å². The Labute approximate surface area is 484 Å². The van der Waals surface area contributed by atoms with Crippen LogP contribution in [0.3, 0.4) is 0 Å². The first-order valence-electron chi connectivity index (χ1n) is 29.5. The molecule has 0 atom stereocenters. The molecule has 3 nitrogen and oxygen atoms in total. The fourth-order valence-corrected chi connectivity index (χ4v) is 14.5. The third kappa shape index (κ3) is 7.16. The van der Waals surface area contributed by atoms with Crippen LogP contribution in [0.4, 0.5) is 21.5 Å². The van der Waals surface area contributed by atoms with Gasteiger partial charge in [-0.3, -0.25) is 0 Å². The van der Waals surface area contributed by atoms with Crippen LogP contribution in [0.5, 0.6) is 0 Å². The number of aromatic nitrogens is 2. The molecule has 0 unspecified atom stereocenters. The Balaban J connectivity index is 1.22. The van der Waals surface area contributed by atoms with Crippen LogP contribution in [0, 0.1) is 5.82 Å². The van der Waals surface area contributed by atoms with Gasteiger partial charge in [-0.25, -0.2) is 4.39 Å². The Morgan fingerprint density at radius 1 is 0.349 bits per heavy atom. The summed E-state index contributed by atoms with van der Waals surface area (Å²) in [6.07, 6.45) is 0. The van der Waals surface area contributed by atoms with E-state index >= 15 is 4.39 Å². The summed E-state index contributed by atoms with van der Waals surface area (Å²) in [7, 11) is 0. The van der Waals surface area contributed by atoms with Crippen molar-refractivity contribution in [2.24, 2.45) is 0 Å². The normalized spacial score (nSPS) is 13.4. The highest BCUT2D eigenvalue weighted by Crippen LogP contribution is 2.54. The van der Waals surface area contributed by atoms with Crippen LogP contribution >= 0.6 is 0 Å². The molecule has 3 aromatic heterocycles. The van der Waals surface area contributed by atoms with Gasteiger partial charge in [0.25, 0.3) is 6.71 Å². The van der Waals surface area contributed by atoms with Gasteiger partial charge in [-0.05, 0) is 137 Å². The number of anilines is 3. The fourth-order valence-electron chi connectivity index (χ4n) is 14.5. The van der Waals surface area contributed by atoms with Gasteiger partial charge < -0.3 is 13.9 Å². The second kappa shape index (κ2) is 17.4. The first kappa shape index (κ1) is 49.6. The Hall–Kier alpha value is -9.19. The van der Waals surface area contributed by atoms with E-state index in [-0.39, 0.29) is 28.8 Å². The van der Waals surface area contributed by atoms with Crippen LogP contribution in [-0.4, -0.2) is 15.7 Å². The molecule has 0 aliphatic carbocycles. The highest BCUT2D eigenvalue weighted by molar-refractivity contribution is 7.00. The SMILES string of the molecule is CC(C)(C)c1cc(-c2ccccc2)c(N2c3cc(F)ccc3B3c4c(cc5c(c42)c2cccc4c6ccccc6c6ccccc6c6ccccc6n5c42)-n2c4ccc(C(C)(C)C)cc4c4cc(C(C)(C)C)cc3c42)c(-c2ccccc2)c1. The van der Waals surface area contributed by atoms with Crippen molar-refractivity contribution in [1.29, 1.82) is 0 Å². The van der Waals surface area contributed by atoms with Gasteiger partial charge in [-0.1, -0.05) is 226 Å². The van der Waals surface area contributed by atoms with Gasteiger partial charge in [0.15, 0.2) is 0 Å². The third-order valence-corrected chi connectivity index (χ3v) is 18.5. The second-order valence-electron chi connectivity index (χ2n) is 26.6. The van der Waals surface area contributed by atoms with E-state index in [1.807, 2.05) is 6.07 Å². The molecule has 5 heteroatoms. The summed E-state index contributed by atoms with van der Waals surface area (Å²) in [5, 5.41) is 11.8. The fraction of sp³-hybridized carbons (Fsp3) is 0.154. The number of halogens is 1. The summed E-state index contributed by atoms with van der Waals surface area (Å²) in [5.41, 5.74) is 21.0. The van der Waals surface area contributed by atoms with E-state index in [1.54, 1.807) is 6.07 Å². The van der Waals surface area contributed by atoms with Gasteiger partial charge in [0.2, 0.25) is 0 Å². The monoisotopic (exact) mass is 1070 g/mol. The van der Waals surface area contributed by atoms with Crippen LogP contribution in [-0.2, 0) is 16.2 Å². The molecule has 0 amide bonds. The Morgan fingerprint density at radius 2 is 0.880 bits per heavy atom. The highest BCUT2D eigenvalue weighted by Gasteiger charge is 2.46. The number of benzene rings is 11.